The zero-order valence-corrected chi connectivity index (χ0v) is 41.1. The van der Waals surface area contributed by atoms with E-state index in [2.05, 4.69) is 235 Å². The lowest BCUT2D eigenvalue weighted by Crippen LogP contribution is -2.61. The summed E-state index contributed by atoms with van der Waals surface area (Å²) in [6, 6.07) is 52.5. The van der Waals surface area contributed by atoms with Crippen LogP contribution < -0.4 is 26.2 Å². The van der Waals surface area contributed by atoms with Gasteiger partial charge in [0.2, 0.25) is 0 Å². The van der Waals surface area contributed by atoms with E-state index in [0.29, 0.717) is 0 Å². The van der Waals surface area contributed by atoms with Crippen LogP contribution in [-0.2, 0) is 5.41 Å². The third kappa shape index (κ3) is 6.36. The molecule has 4 nitrogen and oxygen atoms in total. The quantitative estimate of drug-likeness (QED) is 0.123. The number of aryl methyl sites for hydroxylation is 5. The molecule has 0 radical (unpaired) electrons. The molecule has 4 heterocycles. The fraction of sp³-hybridized carbons (Fsp3) is 0.156. The van der Waals surface area contributed by atoms with E-state index in [1.54, 1.807) is 0 Å². The van der Waals surface area contributed by atoms with E-state index < -0.39 is 0 Å². The van der Waals surface area contributed by atoms with Crippen molar-refractivity contribution in [3.05, 3.63) is 204 Å². The lowest BCUT2D eigenvalue weighted by molar-refractivity contribution is 0.590. The normalized spacial score (nSPS) is 13.6. The van der Waals surface area contributed by atoms with Crippen LogP contribution in [0.4, 0.5) is 34.1 Å². The van der Waals surface area contributed by atoms with Gasteiger partial charge in [-0.15, -0.1) is 0 Å². The zero-order chi connectivity index (χ0) is 47.6. The van der Waals surface area contributed by atoms with Crippen LogP contribution in [0.3, 0.4) is 0 Å². The number of nitrogens with zero attached hydrogens (tertiary/aromatic N) is 3. The van der Waals surface area contributed by atoms with Gasteiger partial charge in [-0.05, 0) is 163 Å². The molecular weight excluding hydrogens is 838 g/mol. The maximum absolute atomic E-state index is 6.61. The molecule has 0 fully saturated rings. The standard InChI is InChI=1S/C64H56BN3O/c1-11-19-45(20-12-2)66-53-27-15-13-23-47(53)50-36-52-56(37-54(50)66)68(61-39(4)21-17-22-40(61)5)58-32-38(3)31-57-60(58)65(52)51-30-29-44(64(8,9)10)35-55(51)67(57)62-41(6)33-43(34-42(62)7)46-25-18-26-49-48-24-14-16-28-59(48)69-63(46)49/h11-37H,1H2,2-10H3/b20-12-,45-19+. The van der Waals surface area contributed by atoms with Gasteiger partial charge in [0.1, 0.15) is 11.2 Å². The van der Waals surface area contributed by atoms with Crippen LogP contribution in [0, 0.1) is 34.6 Å². The fourth-order valence-electron chi connectivity index (χ4n) is 11.9. The Morgan fingerprint density at radius 2 is 1.22 bits per heavy atom. The van der Waals surface area contributed by atoms with E-state index in [1.807, 2.05) is 12.1 Å². The van der Waals surface area contributed by atoms with Crippen molar-refractivity contribution >= 4 is 107 Å². The summed E-state index contributed by atoms with van der Waals surface area (Å²) in [6.07, 6.45) is 8.32. The molecule has 0 amide bonds. The number of allylic oxidation sites excluding steroid dienone is 5. The van der Waals surface area contributed by atoms with Gasteiger partial charge in [0.15, 0.2) is 0 Å². The number of para-hydroxylation sites is 4. The van der Waals surface area contributed by atoms with Gasteiger partial charge < -0.3 is 18.8 Å². The van der Waals surface area contributed by atoms with E-state index in [1.165, 1.54) is 106 Å². The van der Waals surface area contributed by atoms with Gasteiger partial charge in [0.05, 0.1) is 22.4 Å². The number of furan rings is 1. The molecule has 336 valence electrons. The molecule has 12 rings (SSSR count). The molecule has 2 aliphatic heterocycles. The van der Waals surface area contributed by atoms with Crippen molar-refractivity contribution in [3.63, 3.8) is 0 Å². The first-order chi connectivity index (χ1) is 33.4. The van der Waals surface area contributed by atoms with E-state index in [4.69, 9.17) is 4.42 Å². The number of rotatable bonds is 6. The first-order valence-corrected chi connectivity index (χ1v) is 24.4. The zero-order valence-electron chi connectivity index (χ0n) is 41.1. The summed E-state index contributed by atoms with van der Waals surface area (Å²) in [4.78, 5) is 5.21. The molecule has 2 aromatic heterocycles. The van der Waals surface area contributed by atoms with Crippen LogP contribution in [0.1, 0.15) is 61.1 Å². The molecule has 2 aliphatic rings. The maximum Gasteiger partial charge on any atom is 0.252 e. The largest absolute Gasteiger partial charge is 0.455 e. The van der Waals surface area contributed by atoms with Crippen LogP contribution in [0.25, 0.3) is 60.6 Å². The van der Waals surface area contributed by atoms with Crippen molar-refractivity contribution in [2.24, 2.45) is 0 Å². The van der Waals surface area contributed by atoms with Crippen molar-refractivity contribution in [2.75, 3.05) is 9.80 Å². The monoisotopic (exact) mass is 893 g/mol. The Morgan fingerprint density at radius 1 is 0.580 bits per heavy atom. The first-order valence-electron chi connectivity index (χ1n) is 24.4. The summed E-state index contributed by atoms with van der Waals surface area (Å²) in [5.41, 5.74) is 26.1. The summed E-state index contributed by atoms with van der Waals surface area (Å²) in [5, 5.41) is 4.75. The van der Waals surface area contributed by atoms with Crippen molar-refractivity contribution < 1.29 is 4.42 Å². The highest BCUT2D eigenvalue weighted by atomic mass is 16.3. The number of benzene rings is 8. The highest BCUT2D eigenvalue weighted by Crippen LogP contribution is 2.50. The number of anilines is 6. The Kier molecular flexibility index (Phi) is 9.66. The molecule has 10 aromatic rings. The number of hydrogen-bond donors (Lipinski definition) is 0. The number of aromatic nitrogens is 1. The van der Waals surface area contributed by atoms with Crippen molar-refractivity contribution in [1.29, 1.82) is 0 Å². The highest BCUT2D eigenvalue weighted by Gasteiger charge is 2.45. The summed E-state index contributed by atoms with van der Waals surface area (Å²) in [6.45, 7) is 24.5. The molecular formula is C64H56BN3O. The molecule has 0 spiro atoms. The third-order valence-electron chi connectivity index (χ3n) is 14.8. The third-order valence-corrected chi connectivity index (χ3v) is 14.8. The van der Waals surface area contributed by atoms with Crippen LogP contribution in [0.15, 0.2) is 175 Å². The summed E-state index contributed by atoms with van der Waals surface area (Å²) in [5.74, 6) is 0. The molecule has 69 heavy (non-hydrogen) atoms. The highest BCUT2D eigenvalue weighted by molar-refractivity contribution is 7.00. The van der Waals surface area contributed by atoms with E-state index >= 15 is 0 Å². The molecule has 0 unspecified atom stereocenters. The van der Waals surface area contributed by atoms with Gasteiger partial charge in [-0.1, -0.05) is 130 Å². The minimum atomic E-state index is -0.0703. The Hall–Kier alpha value is -7.76. The van der Waals surface area contributed by atoms with Crippen LogP contribution in [0.2, 0.25) is 0 Å². The van der Waals surface area contributed by atoms with Gasteiger partial charge in [-0.3, -0.25) is 0 Å². The number of hydrogen-bond acceptors (Lipinski definition) is 3. The molecule has 0 aliphatic carbocycles. The Bertz CT molecular complexity index is 3840. The molecule has 0 saturated carbocycles. The minimum Gasteiger partial charge on any atom is -0.455 e. The van der Waals surface area contributed by atoms with Crippen LogP contribution >= 0.6 is 0 Å². The van der Waals surface area contributed by atoms with Crippen molar-refractivity contribution in [2.45, 2.75) is 67.7 Å². The summed E-state index contributed by atoms with van der Waals surface area (Å²) >= 11 is 0. The lowest BCUT2D eigenvalue weighted by Gasteiger charge is -2.46. The van der Waals surface area contributed by atoms with Crippen LogP contribution in [0.5, 0.6) is 0 Å². The summed E-state index contributed by atoms with van der Waals surface area (Å²) < 4.78 is 9.03. The number of fused-ring (bicyclic) bond motifs is 10. The van der Waals surface area contributed by atoms with Crippen molar-refractivity contribution in [3.8, 4) is 11.1 Å². The van der Waals surface area contributed by atoms with Gasteiger partial charge in [-0.2, -0.15) is 0 Å². The average molecular weight is 894 g/mol. The van der Waals surface area contributed by atoms with E-state index in [9.17, 15) is 0 Å². The molecule has 8 aromatic carbocycles. The predicted molar refractivity (Wildman–Crippen MR) is 298 cm³/mol. The topological polar surface area (TPSA) is 24.6 Å². The SMILES string of the molecule is C=C/C=C(\C=C/C)n1c2ccccc2c2cc3c(cc21)N(c1c(C)cccc1C)c1cc(C)cc2c1B3c1ccc(C(C)(C)C)cc1N2c1c(C)cc(-c2cccc3c2oc2ccccc23)cc1C. The molecule has 5 heteroatoms. The van der Waals surface area contributed by atoms with Crippen molar-refractivity contribution in [1.82, 2.24) is 4.57 Å². The Labute approximate surface area is 406 Å². The molecule has 0 N–H and O–H groups in total. The first kappa shape index (κ1) is 42.6. The maximum atomic E-state index is 6.61. The molecule has 0 atom stereocenters. The van der Waals surface area contributed by atoms with E-state index in [0.717, 1.165) is 38.8 Å². The molecule has 0 bridgehead atoms. The van der Waals surface area contributed by atoms with E-state index in [-0.39, 0.29) is 12.1 Å². The smallest absolute Gasteiger partial charge is 0.252 e. The van der Waals surface area contributed by atoms with Gasteiger partial charge in [0.25, 0.3) is 6.71 Å². The predicted octanol–water partition coefficient (Wildman–Crippen LogP) is 15.9. The average Bonchev–Trinajstić information content (AvgIpc) is 3.87. The Balaban J connectivity index is 1.17. The fourth-order valence-corrected chi connectivity index (χ4v) is 11.9. The molecule has 0 saturated heterocycles. The van der Waals surface area contributed by atoms with Gasteiger partial charge in [0, 0.05) is 55.6 Å². The lowest BCUT2D eigenvalue weighted by atomic mass is 9.33. The second kappa shape index (κ2) is 15.6. The van der Waals surface area contributed by atoms with Gasteiger partial charge in [-0.25, -0.2) is 0 Å². The summed E-state index contributed by atoms with van der Waals surface area (Å²) in [7, 11) is 0. The Morgan fingerprint density at radius 3 is 1.91 bits per heavy atom. The second-order valence-corrected chi connectivity index (χ2v) is 20.4. The van der Waals surface area contributed by atoms with Gasteiger partial charge >= 0.3 is 0 Å². The minimum absolute atomic E-state index is 0.0396. The second-order valence-electron chi connectivity index (χ2n) is 20.4. The van der Waals surface area contributed by atoms with Crippen LogP contribution in [-0.4, -0.2) is 11.3 Å².